The molecular weight excluding hydrogens is 216 g/mol. The van der Waals surface area contributed by atoms with E-state index in [2.05, 4.69) is 12.2 Å². The van der Waals surface area contributed by atoms with Gasteiger partial charge in [-0.3, -0.25) is 0 Å². The molecule has 1 fully saturated rings. The summed E-state index contributed by atoms with van der Waals surface area (Å²) < 4.78 is 10.7. The van der Waals surface area contributed by atoms with Crippen molar-refractivity contribution in [1.82, 2.24) is 0 Å². The molecule has 94 valence electrons. The lowest BCUT2D eigenvalue weighted by molar-refractivity contribution is 0.0540. The van der Waals surface area contributed by atoms with Crippen LogP contribution in [0, 0.1) is 0 Å². The Hall–Kier alpha value is -1.42. The fourth-order valence-electron chi connectivity index (χ4n) is 2.13. The maximum absolute atomic E-state index is 5.96. The Kier molecular flexibility index (Phi) is 3.43. The van der Waals surface area contributed by atoms with Crippen LogP contribution in [0.5, 0.6) is 5.75 Å². The first-order chi connectivity index (χ1) is 8.13. The first-order valence-electron chi connectivity index (χ1n) is 5.92. The number of hydrogen-bond acceptors (Lipinski definition) is 4. The van der Waals surface area contributed by atoms with Gasteiger partial charge in [-0.15, -0.1) is 0 Å². The fraction of sp³-hybridized carbons (Fsp3) is 0.538. The molecule has 0 radical (unpaired) electrons. The van der Waals surface area contributed by atoms with Crippen LogP contribution in [0.3, 0.4) is 0 Å². The molecule has 4 nitrogen and oxygen atoms in total. The highest BCUT2D eigenvalue weighted by atomic mass is 16.5. The molecule has 4 heteroatoms. The van der Waals surface area contributed by atoms with Gasteiger partial charge in [0.25, 0.3) is 0 Å². The molecule has 17 heavy (non-hydrogen) atoms. The Balaban J connectivity index is 2.16. The van der Waals surface area contributed by atoms with Gasteiger partial charge in [0, 0.05) is 12.7 Å². The zero-order valence-electron chi connectivity index (χ0n) is 10.5. The van der Waals surface area contributed by atoms with E-state index in [4.69, 9.17) is 15.2 Å². The molecule has 1 heterocycles. The van der Waals surface area contributed by atoms with E-state index in [-0.39, 0.29) is 5.54 Å². The van der Waals surface area contributed by atoms with Crippen LogP contribution in [0.1, 0.15) is 19.8 Å². The summed E-state index contributed by atoms with van der Waals surface area (Å²) in [5.74, 6) is 0.807. The Morgan fingerprint density at radius 2 is 2.29 bits per heavy atom. The molecule has 1 aromatic rings. The molecule has 0 bridgehead atoms. The highest BCUT2D eigenvalue weighted by Gasteiger charge is 2.27. The molecule has 1 aromatic carbocycles. The second-order valence-corrected chi connectivity index (χ2v) is 4.79. The van der Waals surface area contributed by atoms with Crippen molar-refractivity contribution in [3.05, 3.63) is 18.2 Å². The summed E-state index contributed by atoms with van der Waals surface area (Å²) >= 11 is 0. The Bertz CT molecular complexity index is 387. The summed E-state index contributed by atoms with van der Waals surface area (Å²) in [5.41, 5.74) is 7.57. The molecule has 3 N–H and O–H groups in total. The van der Waals surface area contributed by atoms with Crippen molar-refractivity contribution in [3.63, 3.8) is 0 Å². The minimum absolute atomic E-state index is 0.0429. The molecule has 1 saturated heterocycles. The van der Waals surface area contributed by atoms with Gasteiger partial charge in [-0.25, -0.2) is 0 Å². The molecule has 0 amide bonds. The number of methoxy groups -OCH3 is 1. The number of anilines is 2. The lowest BCUT2D eigenvalue weighted by Crippen LogP contribution is -2.43. The Morgan fingerprint density at radius 3 is 2.94 bits per heavy atom. The highest BCUT2D eigenvalue weighted by molar-refractivity contribution is 5.69. The third kappa shape index (κ3) is 2.82. The lowest BCUT2D eigenvalue weighted by atomic mass is 9.94. The summed E-state index contributed by atoms with van der Waals surface area (Å²) in [5, 5.41) is 3.47. The number of rotatable bonds is 3. The van der Waals surface area contributed by atoms with Crippen molar-refractivity contribution >= 4 is 11.4 Å². The minimum atomic E-state index is -0.0429. The molecule has 1 atom stereocenters. The van der Waals surface area contributed by atoms with E-state index in [1.54, 1.807) is 7.11 Å². The van der Waals surface area contributed by atoms with Gasteiger partial charge in [0.05, 0.1) is 30.6 Å². The number of ether oxygens (including phenoxy) is 2. The van der Waals surface area contributed by atoms with Crippen molar-refractivity contribution < 1.29 is 9.47 Å². The van der Waals surface area contributed by atoms with E-state index in [9.17, 15) is 0 Å². The van der Waals surface area contributed by atoms with E-state index in [1.165, 1.54) is 0 Å². The zero-order valence-corrected chi connectivity index (χ0v) is 10.5. The number of nitrogens with two attached hydrogens (primary N) is 1. The highest BCUT2D eigenvalue weighted by Crippen LogP contribution is 2.30. The third-order valence-electron chi connectivity index (χ3n) is 3.13. The SMILES string of the molecule is COc1ccc(N)c(NC2(C)CCCOC2)c1. The lowest BCUT2D eigenvalue weighted by Gasteiger charge is -2.35. The Morgan fingerprint density at radius 1 is 1.47 bits per heavy atom. The molecule has 2 rings (SSSR count). The standard InChI is InChI=1S/C13H20N2O2/c1-13(6-3-7-17-9-13)15-12-8-10(16-2)4-5-11(12)14/h4-5,8,15H,3,6-7,9,14H2,1-2H3. The number of hydrogen-bond donors (Lipinski definition) is 2. The van der Waals surface area contributed by atoms with Crippen LogP contribution in [0.25, 0.3) is 0 Å². The summed E-state index contributed by atoms with van der Waals surface area (Å²) in [6.07, 6.45) is 2.16. The van der Waals surface area contributed by atoms with Gasteiger partial charge in [0.2, 0.25) is 0 Å². The van der Waals surface area contributed by atoms with Gasteiger partial charge in [0.1, 0.15) is 5.75 Å². The van der Waals surface area contributed by atoms with E-state index in [0.717, 1.165) is 36.6 Å². The summed E-state index contributed by atoms with van der Waals surface area (Å²) in [7, 11) is 1.65. The topological polar surface area (TPSA) is 56.5 Å². The van der Waals surface area contributed by atoms with Crippen LogP contribution < -0.4 is 15.8 Å². The van der Waals surface area contributed by atoms with Crippen LogP contribution in [-0.4, -0.2) is 25.9 Å². The number of benzene rings is 1. The van der Waals surface area contributed by atoms with Crippen LogP contribution in [-0.2, 0) is 4.74 Å². The normalized spacial score (nSPS) is 24.4. The van der Waals surface area contributed by atoms with Crippen LogP contribution in [0.4, 0.5) is 11.4 Å². The summed E-state index contributed by atoms with van der Waals surface area (Å²) in [6, 6.07) is 5.64. The second kappa shape index (κ2) is 4.84. The summed E-state index contributed by atoms with van der Waals surface area (Å²) in [4.78, 5) is 0. The molecule has 0 aliphatic carbocycles. The number of nitrogens with one attached hydrogen (secondary N) is 1. The smallest absolute Gasteiger partial charge is 0.121 e. The van der Waals surface area contributed by atoms with Gasteiger partial charge >= 0.3 is 0 Å². The molecule has 1 aliphatic rings. The van der Waals surface area contributed by atoms with Crippen molar-refractivity contribution in [2.45, 2.75) is 25.3 Å². The Labute approximate surface area is 102 Å². The average molecular weight is 236 g/mol. The largest absolute Gasteiger partial charge is 0.497 e. The molecule has 1 unspecified atom stereocenters. The van der Waals surface area contributed by atoms with Crippen LogP contribution in [0.2, 0.25) is 0 Å². The van der Waals surface area contributed by atoms with E-state index < -0.39 is 0 Å². The van der Waals surface area contributed by atoms with Crippen molar-refractivity contribution in [2.24, 2.45) is 0 Å². The first-order valence-corrected chi connectivity index (χ1v) is 5.92. The van der Waals surface area contributed by atoms with Gasteiger partial charge < -0.3 is 20.5 Å². The van der Waals surface area contributed by atoms with Gasteiger partial charge in [0.15, 0.2) is 0 Å². The monoisotopic (exact) mass is 236 g/mol. The predicted octanol–water partition coefficient (Wildman–Crippen LogP) is 2.26. The average Bonchev–Trinajstić information content (AvgIpc) is 2.33. The van der Waals surface area contributed by atoms with Crippen molar-refractivity contribution in [1.29, 1.82) is 0 Å². The number of nitrogen functional groups attached to an aromatic ring is 1. The van der Waals surface area contributed by atoms with Crippen LogP contribution in [0.15, 0.2) is 18.2 Å². The van der Waals surface area contributed by atoms with Crippen molar-refractivity contribution in [3.8, 4) is 5.75 Å². The van der Waals surface area contributed by atoms with E-state index in [0.29, 0.717) is 6.61 Å². The van der Waals surface area contributed by atoms with Crippen LogP contribution >= 0.6 is 0 Å². The molecule has 1 aliphatic heterocycles. The second-order valence-electron chi connectivity index (χ2n) is 4.79. The van der Waals surface area contributed by atoms with E-state index >= 15 is 0 Å². The fourth-order valence-corrected chi connectivity index (χ4v) is 2.13. The third-order valence-corrected chi connectivity index (χ3v) is 3.13. The first kappa shape index (κ1) is 12.0. The maximum Gasteiger partial charge on any atom is 0.121 e. The summed E-state index contributed by atoms with van der Waals surface area (Å²) in [6.45, 7) is 3.72. The quantitative estimate of drug-likeness (QED) is 0.790. The van der Waals surface area contributed by atoms with Gasteiger partial charge in [-0.1, -0.05) is 0 Å². The molecule has 0 saturated carbocycles. The molecule has 0 aromatic heterocycles. The maximum atomic E-state index is 5.96. The van der Waals surface area contributed by atoms with Gasteiger partial charge in [-0.05, 0) is 31.9 Å². The molecule has 0 spiro atoms. The van der Waals surface area contributed by atoms with E-state index in [1.807, 2.05) is 18.2 Å². The zero-order chi connectivity index (χ0) is 12.3. The molecular formula is C13H20N2O2. The van der Waals surface area contributed by atoms with Gasteiger partial charge in [-0.2, -0.15) is 0 Å². The predicted molar refractivity (Wildman–Crippen MR) is 69.5 cm³/mol. The van der Waals surface area contributed by atoms with Crippen molar-refractivity contribution in [2.75, 3.05) is 31.4 Å². The minimum Gasteiger partial charge on any atom is -0.497 e.